The molecule has 0 bridgehead atoms. The molecule has 3 aromatic rings. The molecule has 0 spiro atoms. The molecule has 1 aromatic heterocycles. The monoisotopic (exact) mass is 429 g/mol. The van der Waals surface area contributed by atoms with Crippen molar-refractivity contribution in [2.45, 2.75) is 13.0 Å². The van der Waals surface area contributed by atoms with E-state index in [1.54, 1.807) is 16.7 Å². The molecule has 9 heteroatoms. The maximum Gasteiger partial charge on any atom is 0.270 e. The molecule has 0 unspecified atom stereocenters. The van der Waals surface area contributed by atoms with Crippen LogP contribution in [0.1, 0.15) is 22.3 Å². The molecule has 0 saturated heterocycles. The van der Waals surface area contributed by atoms with Gasteiger partial charge in [-0.25, -0.2) is 0 Å². The molecule has 0 amide bonds. The maximum atomic E-state index is 13.3. The highest BCUT2D eigenvalue weighted by molar-refractivity contribution is 6.26. The molecular formula is C21H20ClN3O5. The molecule has 0 fully saturated rings. The molecule has 8 nitrogen and oxygen atoms in total. The molecule has 0 atom stereocenters. The molecule has 2 N–H and O–H groups in total. The SMILES string of the molecule is Cl.O=C1c2ccccc2-c2c1c1ccc([N+](=O)[O-])cc1c(=O)n2CCCNCCO. The molecule has 1 aliphatic carbocycles. The number of aliphatic hydroxyl groups is 1. The Balaban J connectivity index is 0.00000256. The van der Waals surface area contributed by atoms with E-state index in [1.165, 1.54) is 18.2 Å². The molecule has 1 aliphatic rings. The van der Waals surface area contributed by atoms with Gasteiger partial charge in [-0.15, -0.1) is 12.4 Å². The van der Waals surface area contributed by atoms with Gasteiger partial charge in [0.2, 0.25) is 0 Å². The number of benzene rings is 2. The number of ketones is 1. The summed E-state index contributed by atoms with van der Waals surface area (Å²) in [5, 5.41) is 23.7. The summed E-state index contributed by atoms with van der Waals surface area (Å²) >= 11 is 0. The first kappa shape index (κ1) is 21.6. The lowest BCUT2D eigenvalue weighted by Crippen LogP contribution is -2.26. The Hall–Kier alpha value is -3.07. The predicted octanol–water partition coefficient (Wildman–Crippen LogP) is 2.51. The smallest absolute Gasteiger partial charge is 0.270 e. The Kier molecular flexibility index (Phi) is 6.31. The number of hydrogen-bond donors (Lipinski definition) is 2. The van der Waals surface area contributed by atoms with Crippen LogP contribution in [0, 0.1) is 10.1 Å². The number of hydrogen-bond acceptors (Lipinski definition) is 6. The number of nitro groups is 1. The third kappa shape index (κ3) is 3.49. The molecule has 156 valence electrons. The van der Waals surface area contributed by atoms with Gasteiger partial charge < -0.3 is 15.0 Å². The number of carbonyl (C=O) groups excluding carboxylic acids is 1. The van der Waals surface area contributed by atoms with Gasteiger partial charge in [0.25, 0.3) is 11.2 Å². The summed E-state index contributed by atoms with van der Waals surface area (Å²) in [6.07, 6.45) is 0.600. The van der Waals surface area contributed by atoms with Gasteiger partial charge in [0.15, 0.2) is 5.78 Å². The van der Waals surface area contributed by atoms with Gasteiger partial charge in [0, 0.05) is 41.7 Å². The molecule has 4 rings (SSSR count). The summed E-state index contributed by atoms with van der Waals surface area (Å²) in [5.74, 6) is -0.179. The van der Waals surface area contributed by atoms with Gasteiger partial charge in [-0.3, -0.25) is 19.7 Å². The maximum absolute atomic E-state index is 13.3. The van der Waals surface area contributed by atoms with Gasteiger partial charge in [0.1, 0.15) is 0 Å². The lowest BCUT2D eigenvalue weighted by atomic mass is 10.0. The second kappa shape index (κ2) is 8.74. The lowest BCUT2D eigenvalue weighted by molar-refractivity contribution is -0.384. The molecule has 30 heavy (non-hydrogen) atoms. The van der Waals surface area contributed by atoms with Crippen LogP contribution in [0.4, 0.5) is 5.69 Å². The highest BCUT2D eigenvalue weighted by Gasteiger charge is 2.32. The fourth-order valence-electron chi connectivity index (χ4n) is 3.86. The van der Waals surface area contributed by atoms with E-state index >= 15 is 0 Å². The third-order valence-corrected chi connectivity index (χ3v) is 5.14. The van der Waals surface area contributed by atoms with E-state index in [0.717, 1.165) is 0 Å². The number of nitrogens with zero attached hydrogens (tertiary/aromatic N) is 2. The van der Waals surface area contributed by atoms with Crippen molar-refractivity contribution in [3.05, 3.63) is 74.1 Å². The van der Waals surface area contributed by atoms with E-state index in [9.17, 15) is 19.7 Å². The molecule has 0 aliphatic heterocycles. The number of fused-ring (bicyclic) bond motifs is 5. The molecule has 0 saturated carbocycles. The average Bonchev–Trinajstić information content (AvgIpc) is 3.02. The van der Waals surface area contributed by atoms with Crippen LogP contribution in [0.2, 0.25) is 0 Å². The first-order valence-electron chi connectivity index (χ1n) is 9.35. The largest absolute Gasteiger partial charge is 0.395 e. The van der Waals surface area contributed by atoms with Crippen molar-refractivity contribution in [2.75, 3.05) is 19.7 Å². The number of aromatic nitrogens is 1. The van der Waals surface area contributed by atoms with Crippen LogP contribution in [0.5, 0.6) is 0 Å². The van der Waals surface area contributed by atoms with Crippen molar-refractivity contribution in [1.82, 2.24) is 9.88 Å². The van der Waals surface area contributed by atoms with E-state index in [4.69, 9.17) is 5.11 Å². The van der Waals surface area contributed by atoms with Crippen molar-refractivity contribution >= 4 is 34.7 Å². The number of nitrogens with one attached hydrogen (secondary N) is 1. The lowest BCUT2D eigenvalue weighted by Gasteiger charge is -2.15. The summed E-state index contributed by atoms with van der Waals surface area (Å²) in [5.41, 5.74) is 1.67. The van der Waals surface area contributed by atoms with E-state index in [-0.39, 0.29) is 41.4 Å². The van der Waals surface area contributed by atoms with Gasteiger partial charge in [0.05, 0.1) is 28.2 Å². The van der Waals surface area contributed by atoms with Gasteiger partial charge >= 0.3 is 0 Å². The topological polar surface area (TPSA) is 114 Å². The standard InChI is InChI=1S/C21H19N3O5.ClH/c25-11-9-22-8-3-10-23-19-15-4-1-2-5-16(15)20(26)18(19)14-7-6-13(24(28)29)12-17(14)21(23)27;/h1-2,4-7,12,22,25H,3,8-11H2;1H. The van der Waals surface area contributed by atoms with Gasteiger partial charge in [-0.05, 0) is 19.0 Å². The average molecular weight is 430 g/mol. The molecule has 2 aromatic carbocycles. The summed E-state index contributed by atoms with van der Waals surface area (Å²) in [6, 6.07) is 11.2. The zero-order chi connectivity index (χ0) is 20.5. The normalized spacial score (nSPS) is 11.8. The van der Waals surface area contributed by atoms with Crippen LogP contribution in [-0.4, -0.2) is 40.1 Å². The van der Waals surface area contributed by atoms with Crippen molar-refractivity contribution in [2.24, 2.45) is 0 Å². The fraction of sp³-hybridized carbons (Fsp3) is 0.238. The number of non-ortho nitro benzene ring substituents is 1. The quantitative estimate of drug-likeness (QED) is 0.265. The number of halogens is 1. The van der Waals surface area contributed by atoms with Crippen LogP contribution in [0.25, 0.3) is 22.0 Å². The second-order valence-electron chi connectivity index (χ2n) is 6.87. The van der Waals surface area contributed by atoms with Crippen LogP contribution in [0.15, 0.2) is 47.3 Å². The summed E-state index contributed by atoms with van der Waals surface area (Å²) in [6.45, 7) is 1.42. The van der Waals surface area contributed by atoms with Crippen molar-refractivity contribution in [1.29, 1.82) is 0 Å². The third-order valence-electron chi connectivity index (χ3n) is 5.14. The van der Waals surface area contributed by atoms with Crippen LogP contribution < -0.4 is 10.9 Å². The Morgan fingerprint density at radius 1 is 1.03 bits per heavy atom. The van der Waals surface area contributed by atoms with E-state index < -0.39 is 4.92 Å². The minimum Gasteiger partial charge on any atom is -0.395 e. The van der Waals surface area contributed by atoms with E-state index in [2.05, 4.69) is 5.32 Å². The van der Waals surface area contributed by atoms with Crippen LogP contribution >= 0.6 is 12.4 Å². The number of carbonyl (C=O) groups is 1. The number of nitro benzene ring substituents is 1. The Labute approximate surface area is 177 Å². The van der Waals surface area contributed by atoms with E-state index in [1.807, 2.05) is 12.1 Å². The first-order valence-corrected chi connectivity index (χ1v) is 9.35. The van der Waals surface area contributed by atoms with Gasteiger partial charge in [-0.2, -0.15) is 0 Å². The summed E-state index contributed by atoms with van der Waals surface area (Å²) in [4.78, 5) is 37.0. The predicted molar refractivity (Wildman–Crippen MR) is 116 cm³/mol. The molecule has 0 radical (unpaired) electrons. The Morgan fingerprint density at radius 2 is 1.77 bits per heavy atom. The minimum atomic E-state index is -0.550. The summed E-state index contributed by atoms with van der Waals surface area (Å²) in [7, 11) is 0. The van der Waals surface area contributed by atoms with Crippen molar-refractivity contribution in [3.8, 4) is 11.3 Å². The van der Waals surface area contributed by atoms with Crippen molar-refractivity contribution in [3.63, 3.8) is 0 Å². The number of rotatable bonds is 7. The number of aliphatic hydroxyl groups excluding tert-OH is 1. The van der Waals surface area contributed by atoms with Gasteiger partial charge in [-0.1, -0.05) is 24.3 Å². The zero-order valence-corrected chi connectivity index (χ0v) is 16.8. The second-order valence-corrected chi connectivity index (χ2v) is 6.87. The minimum absolute atomic E-state index is 0. The Morgan fingerprint density at radius 3 is 2.47 bits per heavy atom. The van der Waals surface area contributed by atoms with Crippen LogP contribution in [-0.2, 0) is 6.54 Å². The molecule has 1 heterocycles. The zero-order valence-electron chi connectivity index (χ0n) is 16.0. The molecular weight excluding hydrogens is 410 g/mol. The summed E-state index contributed by atoms with van der Waals surface area (Å²) < 4.78 is 1.55. The fourth-order valence-corrected chi connectivity index (χ4v) is 3.86. The van der Waals surface area contributed by atoms with Crippen molar-refractivity contribution < 1.29 is 14.8 Å². The van der Waals surface area contributed by atoms with Crippen LogP contribution in [0.3, 0.4) is 0 Å². The highest BCUT2D eigenvalue weighted by atomic mass is 35.5. The Bertz CT molecular complexity index is 1210. The first-order chi connectivity index (χ1) is 14.0. The highest BCUT2D eigenvalue weighted by Crippen LogP contribution is 2.39. The van der Waals surface area contributed by atoms with E-state index in [0.29, 0.717) is 53.8 Å². The number of pyridine rings is 1.